The second-order valence-corrected chi connectivity index (χ2v) is 9.72. The molecule has 0 radical (unpaired) electrons. The van der Waals surface area contributed by atoms with Gasteiger partial charge < -0.3 is 15.0 Å². The number of ether oxygens (including phenoxy) is 1. The van der Waals surface area contributed by atoms with Crippen LogP contribution in [-0.2, 0) is 0 Å². The van der Waals surface area contributed by atoms with Gasteiger partial charge in [0.15, 0.2) is 0 Å². The van der Waals surface area contributed by atoms with Gasteiger partial charge in [0.2, 0.25) is 11.1 Å². The minimum absolute atomic E-state index is 0.111. The Kier molecular flexibility index (Phi) is 5.47. The van der Waals surface area contributed by atoms with Crippen molar-refractivity contribution in [3.63, 3.8) is 0 Å². The molecule has 1 saturated heterocycles. The maximum atomic E-state index is 6.27. The van der Waals surface area contributed by atoms with Crippen LogP contribution < -0.4 is 15.0 Å². The Labute approximate surface area is 190 Å². The summed E-state index contributed by atoms with van der Waals surface area (Å²) in [7, 11) is 0. The summed E-state index contributed by atoms with van der Waals surface area (Å²) in [6.07, 6.45) is 2.40. The predicted octanol–water partition coefficient (Wildman–Crippen LogP) is 4.79. The summed E-state index contributed by atoms with van der Waals surface area (Å²) in [5, 5.41) is 9.90. The molecule has 1 saturated carbocycles. The summed E-state index contributed by atoms with van der Waals surface area (Å²) in [6.45, 7) is 8.03. The van der Waals surface area contributed by atoms with Crippen LogP contribution in [0.1, 0.15) is 38.6 Å². The molecule has 0 amide bonds. The van der Waals surface area contributed by atoms with E-state index in [1.165, 1.54) is 24.4 Å². The normalized spacial score (nSPS) is 22.9. The van der Waals surface area contributed by atoms with Gasteiger partial charge in [0.25, 0.3) is 0 Å². The van der Waals surface area contributed by atoms with Crippen LogP contribution in [-0.4, -0.2) is 43.3 Å². The molecule has 2 fully saturated rings. The van der Waals surface area contributed by atoms with Crippen LogP contribution in [0.4, 0.5) is 11.1 Å². The van der Waals surface area contributed by atoms with Crippen molar-refractivity contribution in [2.24, 2.45) is 11.8 Å². The lowest BCUT2D eigenvalue weighted by Gasteiger charge is -2.37. The van der Waals surface area contributed by atoms with Crippen molar-refractivity contribution < 1.29 is 4.74 Å². The number of piperidine rings is 1. The fourth-order valence-electron chi connectivity index (χ4n) is 4.58. The van der Waals surface area contributed by atoms with E-state index in [1.54, 1.807) is 10.7 Å². The minimum Gasteiger partial charge on any atom is -0.423 e. The van der Waals surface area contributed by atoms with E-state index in [1.807, 2.05) is 25.1 Å². The van der Waals surface area contributed by atoms with Crippen LogP contribution in [0.25, 0.3) is 0 Å². The predicted molar refractivity (Wildman–Crippen MR) is 122 cm³/mol. The molecule has 1 aliphatic carbocycles. The minimum atomic E-state index is 0.111. The number of aromatic nitrogens is 5. The quantitative estimate of drug-likeness (QED) is 0.567. The summed E-state index contributed by atoms with van der Waals surface area (Å²) >= 11 is 7.76. The number of nitrogens with one attached hydrogen (secondary N) is 1. The lowest BCUT2D eigenvalue weighted by Crippen LogP contribution is -2.48. The van der Waals surface area contributed by atoms with Crippen molar-refractivity contribution in [2.45, 2.75) is 45.7 Å². The van der Waals surface area contributed by atoms with Crippen molar-refractivity contribution in [2.75, 3.05) is 23.3 Å². The molecule has 0 spiro atoms. The summed E-state index contributed by atoms with van der Waals surface area (Å²) in [4.78, 5) is 11.6. The van der Waals surface area contributed by atoms with Gasteiger partial charge in [-0.15, -0.1) is 5.10 Å². The molecule has 3 heterocycles. The van der Waals surface area contributed by atoms with Gasteiger partial charge in [-0.25, -0.2) is 9.67 Å². The topological polar surface area (TPSA) is 81.0 Å². The maximum absolute atomic E-state index is 6.27. The Balaban J connectivity index is 1.33. The highest BCUT2D eigenvalue weighted by Crippen LogP contribution is 2.40. The van der Waals surface area contributed by atoms with Gasteiger partial charge in [-0.3, -0.25) is 0 Å². The van der Waals surface area contributed by atoms with Gasteiger partial charge in [0, 0.05) is 30.7 Å². The van der Waals surface area contributed by atoms with E-state index in [0.29, 0.717) is 40.6 Å². The average molecular weight is 460 g/mol. The van der Waals surface area contributed by atoms with Crippen LogP contribution in [0, 0.1) is 18.8 Å². The van der Waals surface area contributed by atoms with Gasteiger partial charge in [0.05, 0.1) is 11.1 Å². The number of rotatable bonds is 6. The van der Waals surface area contributed by atoms with Gasteiger partial charge >= 0.3 is 6.01 Å². The first kappa shape index (κ1) is 20.5. The highest BCUT2D eigenvalue weighted by Gasteiger charge is 2.43. The number of para-hydroxylation sites is 1. The van der Waals surface area contributed by atoms with E-state index >= 15 is 0 Å². The first-order valence-electron chi connectivity index (χ1n) is 10.7. The molecule has 2 atom stereocenters. The van der Waals surface area contributed by atoms with Gasteiger partial charge in [-0.05, 0) is 57.6 Å². The zero-order valence-corrected chi connectivity index (χ0v) is 19.4. The molecule has 2 aromatic heterocycles. The molecule has 1 aromatic carbocycles. The summed E-state index contributed by atoms with van der Waals surface area (Å²) < 4.78 is 12.2. The lowest BCUT2D eigenvalue weighted by molar-refractivity contribution is 0.374. The standard InChI is InChI=1S/C21H26ClN7OS/c1-12(2)29-20(30-17-7-5-4-6-16(17)22)25-19(26-29)24-18-14-8-9-15(18)11-28(10-14)21-23-13(3)27-31-21/h4-7,12,14-15,18H,8-11H2,1-3H3,(H,24,26). The zero-order valence-electron chi connectivity index (χ0n) is 17.8. The number of halogens is 1. The smallest absolute Gasteiger partial charge is 0.322 e. The molecule has 2 aliphatic rings. The van der Waals surface area contributed by atoms with Crippen molar-refractivity contribution in [3.05, 3.63) is 35.1 Å². The molecule has 5 rings (SSSR count). The molecule has 8 nitrogen and oxygen atoms in total. The number of anilines is 2. The monoisotopic (exact) mass is 459 g/mol. The molecule has 1 N–H and O–H groups in total. The third-order valence-electron chi connectivity index (χ3n) is 6.04. The van der Waals surface area contributed by atoms with Crippen molar-refractivity contribution in [3.8, 4) is 11.8 Å². The lowest BCUT2D eigenvalue weighted by atomic mass is 9.92. The Morgan fingerprint density at radius 1 is 1.16 bits per heavy atom. The molecule has 3 aromatic rings. The number of fused-ring (bicyclic) bond motifs is 2. The van der Waals surface area contributed by atoms with E-state index in [4.69, 9.17) is 21.4 Å². The average Bonchev–Trinajstić information content (AvgIpc) is 3.40. The molecular formula is C21H26ClN7OS. The fraction of sp³-hybridized carbons (Fsp3) is 0.524. The number of nitrogens with zero attached hydrogens (tertiary/aromatic N) is 6. The third kappa shape index (κ3) is 4.08. The number of aryl methyl sites for hydroxylation is 1. The number of hydrogen-bond acceptors (Lipinski definition) is 8. The van der Waals surface area contributed by atoms with Crippen LogP contribution in [0.15, 0.2) is 24.3 Å². The van der Waals surface area contributed by atoms with Gasteiger partial charge in [-0.2, -0.15) is 9.36 Å². The zero-order chi connectivity index (χ0) is 21.5. The Hall–Kier alpha value is -2.39. The number of benzene rings is 1. The molecule has 10 heteroatoms. The van der Waals surface area contributed by atoms with E-state index in [9.17, 15) is 0 Å². The highest BCUT2D eigenvalue weighted by atomic mass is 35.5. The largest absolute Gasteiger partial charge is 0.423 e. The SMILES string of the molecule is Cc1nsc(N2CC3CCC(C2)C3Nc2nc(Oc3ccccc3Cl)n(C(C)C)n2)n1. The van der Waals surface area contributed by atoms with Crippen LogP contribution >= 0.6 is 23.1 Å². The molecule has 164 valence electrons. The van der Waals surface area contributed by atoms with E-state index in [0.717, 1.165) is 24.0 Å². The number of hydrogen-bond donors (Lipinski definition) is 1. The van der Waals surface area contributed by atoms with Crippen molar-refractivity contribution in [1.82, 2.24) is 24.1 Å². The molecule has 2 unspecified atom stereocenters. The third-order valence-corrected chi connectivity index (χ3v) is 7.22. The Morgan fingerprint density at radius 2 is 1.90 bits per heavy atom. The summed E-state index contributed by atoms with van der Waals surface area (Å²) in [5.41, 5.74) is 0. The Bertz CT molecular complexity index is 1050. The van der Waals surface area contributed by atoms with Crippen LogP contribution in [0.3, 0.4) is 0 Å². The van der Waals surface area contributed by atoms with Gasteiger partial charge in [0.1, 0.15) is 11.6 Å². The van der Waals surface area contributed by atoms with Crippen molar-refractivity contribution >= 4 is 34.2 Å². The summed E-state index contributed by atoms with van der Waals surface area (Å²) in [5.74, 6) is 3.09. The van der Waals surface area contributed by atoms with Gasteiger partial charge in [-0.1, -0.05) is 23.7 Å². The van der Waals surface area contributed by atoms with E-state index < -0.39 is 0 Å². The maximum Gasteiger partial charge on any atom is 0.322 e. The second kappa shape index (κ2) is 8.27. The van der Waals surface area contributed by atoms with Crippen LogP contribution in [0.2, 0.25) is 5.02 Å². The summed E-state index contributed by atoms with van der Waals surface area (Å²) in [6, 6.07) is 8.31. The first-order valence-corrected chi connectivity index (χ1v) is 11.8. The highest BCUT2D eigenvalue weighted by molar-refractivity contribution is 7.09. The fourth-order valence-corrected chi connectivity index (χ4v) is 5.45. The second-order valence-electron chi connectivity index (χ2n) is 8.59. The molecule has 1 aliphatic heterocycles. The Morgan fingerprint density at radius 3 is 2.55 bits per heavy atom. The van der Waals surface area contributed by atoms with E-state index in [2.05, 4.69) is 38.4 Å². The van der Waals surface area contributed by atoms with Crippen molar-refractivity contribution in [1.29, 1.82) is 0 Å². The van der Waals surface area contributed by atoms with Crippen LogP contribution in [0.5, 0.6) is 11.8 Å². The molecule has 31 heavy (non-hydrogen) atoms. The first-order chi connectivity index (χ1) is 15.0. The molecular weight excluding hydrogens is 434 g/mol. The van der Waals surface area contributed by atoms with E-state index in [-0.39, 0.29) is 6.04 Å². The molecule has 2 bridgehead atoms.